The molecule has 144 valence electrons. The Hall–Kier alpha value is -2.24. The molecule has 0 atom stereocenters. The van der Waals surface area contributed by atoms with Crippen molar-refractivity contribution < 1.29 is 19.1 Å². The number of amides is 2. The normalized spacial score (nSPS) is 14.2. The first kappa shape index (κ1) is 20.1. The van der Waals surface area contributed by atoms with E-state index >= 15 is 0 Å². The van der Waals surface area contributed by atoms with Crippen LogP contribution in [0, 0.1) is 0 Å². The summed E-state index contributed by atoms with van der Waals surface area (Å²) in [6.07, 6.45) is 4.38. The van der Waals surface area contributed by atoms with Gasteiger partial charge in [0.15, 0.2) is 0 Å². The smallest absolute Gasteiger partial charge is 0.409 e. The van der Waals surface area contributed by atoms with Crippen LogP contribution in [-0.4, -0.2) is 61.2 Å². The molecule has 1 aliphatic heterocycles. The van der Waals surface area contributed by atoms with Crippen molar-refractivity contribution in [2.45, 2.75) is 39.5 Å². The lowest BCUT2D eigenvalue weighted by atomic mass is 10.1. The number of rotatable bonds is 8. The molecular weight excluding hydrogens is 332 g/mol. The van der Waals surface area contributed by atoms with Crippen LogP contribution < -0.4 is 4.74 Å². The van der Waals surface area contributed by atoms with Crippen LogP contribution >= 0.6 is 0 Å². The summed E-state index contributed by atoms with van der Waals surface area (Å²) in [5.74, 6) is 0.785. The average molecular weight is 362 g/mol. The van der Waals surface area contributed by atoms with Crippen molar-refractivity contribution in [2.24, 2.45) is 0 Å². The standard InChI is InChI=1S/C20H30N2O4/c1-3-5-6-7-16-26-18-10-8-17(9-11-18)19(23)21-12-14-22(15-13-21)20(24)25-4-2/h8-11H,3-7,12-16H2,1-2H3. The van der Waals surface area contributed by atoms with Crippen LogP contribution in [0.15, 0.2) is 24.3 Å². The van der Waals surface area contributed by atoms with Crippen LogP contribution in [0.2, 0.25) is 0 Å². The Morgan fingerprint density at radius 2 is 1.58 bits per heavy atom. The Morgan fingerprint density at radius 1 is 0.923 bits per heavy atom. The number of carbonyl (C=O) groups is 2. The van der Waals surface area contributed by atoms with E-state index < -0.39 is 0 Å². The Kier molecular flexibility index (Phi) is 8.25. The molecule has 1 fully saturated rings. The van der Waals surface area contributed by atoms with Crippen molar-refractivity contribution in [3.8, 4) is 5.75 Å². The minimum absolute atomic E-state index is 0.0111. The maximum atomic E-state index is 12.6. The lowest BCUT2D eigenvalue weighted by Gasteiger charge is -2.34. The van der Waals surface area contributed by atoms with E-state index in [0.29, 0.717) is 45.0 Å². The van der Waals surface area contributed by atoms with E-state index in [-0.39, 0.29) is 12.0 Å². The summed E-state index contributed by atoms with van der Waals surface area (Å²) in [7, 11) is 0. The highest BCUT2D eigenvalue weighted by molar-refractivity contribution is 5.94. The van der Waals surface area contributed by atoms with Crippen molar-refractivity contribution in [3.63, 3.8) is 0 Å². The summed E-state index contributed by atoms with van der Waals surface area (Å²) >= 11 is 0. The van der Waals surface area contributed by atoms with E-state index in [1.54, 1.807) is 28.9 Å². The van der Waals surface area contributed by atoms with Crippen LogP contribution in [0.1, 0.15) is 49.9 Å². The van der Waals surface area contributed by atoms with Crippen LogP contribution in [0.3, 0.4) is 0 Å². The highest BCUT2D eigenvalue weighted by atomic mass is 16.6. The van der Waals surface area contributed by atoms with E-state index in [2.05, 4.69) is 6.92 Å². The second-order valence-corrected chi connectivity index (χ2v) is 6.41. The van der Waals surface area contributed by atoms with E-state index in [1.165, 1.54) is 19.3 Å². The number of hydrogen-bond donors (Lipinski definition) is 0. The maximum Gasteiger partial charge on any atom is 0.409 e. The fourth-order valence-corrected chi connectivity index (χ4v) is 2.90. The molecule has 0 spiro atoms. The van der Waals surface area contributed by atoms with Gasteiger partial charge in [-0.2, -0.15) is 0 Å². The molecule has 1 heterocycles. The number of hydrogen-bond acceptors (Lipinski definition) is 4. The third-order valence-corrected chi connectivity index (χ3v) is 4.46. The lowest BCUT2D eigenvalue weighted by Crippen LogP contribution is -2.50. The largest absolute Gasteiger partial charge is 0.494 e. The van der Waals surface area contributed by atoms with Gasteiger partial charge in [0.05, 0.1) is 13.2 Å². The van der Waals surface area contributed by atoms with Gasteiger partial charge in [-0.1, -0.05) is 26.2 Å². The Morgan fingerprint density at radius 3 is 2.19 bits per heavy atom. The zero-order valence-corrected chi connectivity index (χ0v) is 15.9. The second-order valence-electron chi connectivity index (χ2n) is 6.41. The molecule has 26 heavy (non-hydrogen) atoms. The highest BCUT2D eigenvalue weighted by Gasteiger charge is 2.25. The number of nitrogens with zero attached hydrogens (tertiary/aromatic N) is 2. The Bertz CT molecular complexity index is 566. The number of carbonyl (C=O) groups excluding carboxylic acids is 2. The predicted molar refractivity (Wildman–Crippen MR) is 101 cm³/mol. The molecule has 0 radical (unpaired) electrons. The molecule has 1 saturated heterocycles. The molecule has 6 nitrogen and oxygen atoms in total. The van der Waals surface area contributed by atoms with Gasteiger partial charge < -0.3 is 19.3 Å². The summed E-state index contributed by atoms with van der Waals surface area (Å²) in [6, 6.07) is 7.31. The first-order chi connectivity index (χ1) is 12.7. The van der Waals surface area contributed by atoms with Gasteiger partial charge in [0.25, 0.3) is 5.91 Å². The van der Waals surface area contributed by atoms with Gasteiger partial charge in [0, 0.05) is 31.7 Å². The molecular formula is C20H30N2O4. The molecule has 2 rings (SSSR count). The van der Waals surface area contributed by atoms with E-state index in [9.17, 15) is 9.59 Å². The average Bonchev–Trinajstić information content (AvgIpc) is 2.68. The first-order valence-electron chi connectivity index (χ1n) is 9.59. The van der Waals surface area contributed by atoms with Gasteiger partial charge >= 0.3 is 6.09 Å². The quantitative estimate of drug-likeness (QED) is 0.664. The number of benzene rings is 1. The zero-order chi connectivity index (χ0) is 18.8. The van der Waals surface area contributed by atoms with E-state index in [0.717, 1.165) is 12.2 Å². The molecule has 1 aliphatic rings. The van der Waals surface area contributed by atoms with Gasteiger partial charge in [-0.3, -0.25) is 4.79 Å². The third-order valence-electron chi connectivity index (χ3n) is 4.46. The molecule has 6 heteroatoms. The molecule has 2 amide bonds. The minimum Gasteiger partial charge on any atom is -0.494 e. The monoisotopic (exact) mass is 362 g/mol. The minimum atomic E-state index is -0.306. The van der Waals surface area contributed by atoms with Crippen molar-refractivity contribution in [3.05, 3.63) is 29.8 Å². The predicted octanol–water partition coefficient (Wildman–Crippen LogP) is 3.56. The molecule has 1 aromatic rings. The number of piperazine rings is 1. The summed E-state index contributed by atoms with van der Waals surface area (Å²) in [5.41, 5.74) is 0.646. The molecule has 0 aliphatic carbocycles. The Labute approximate surface area is 156 Å². The third kappa shape index (κ3) is 5.93. The van der Waals surface area contributed by atoms with E-state index in [4.69, 9.17) is 9.47 Å². The van der Waals surface area contributed by atoms with Crippen LogP contribution in [0.5, 0.6) is 5.75 Å². The van der Waals surface area contributed by atoms with Crippen molar-refractivity contribution in [1.29, 1.82) is 0 Å². The number of unbranched alkanes of at least 4 members (excludes halogenated alkanes) is 3. The molecule has 0 bridgehead atoms. The highest BCUT2D eigenvalue weighted by Crippen LogP contribution is 2.16. The topological polar surface area (TPSA) is 59.1 Å². The van der Waals surface area contributed by atoms with Crippen molar-refractivity contribution in [2.75, 3.05) is 39.4 Å². The second kappa shape index (κ2) is 10.7. The van der Waals surface area contributed by atoms with Crippen molar-refractivity contribution in [1.82, 2.24) is 9.80 Å². The zero-order valence-electron chi connectivity index (χ0n) is 15.9. The van der Waals surface area contributed by atoms with Crippen LogP contribution in [0.4, 0.5) is 4.79 Å². The van der Waals surface area contributed by atoms with Gasteiger partial charge in [0.1, 0.15) is 5.75 Å². The van der Waals surface area contributed by atoms with Crippen molar-refractivity contribution >= 4 is 12.0 Å². The summed E-state index contributed by atoms with van der Waals surface area (Å²) in [6.45, 7) is 7.10. The fourth-order valence-electron chi connectivity index (χ4n) is 2.90. The van der Waals surface area contributed by atoms with Crippen LogP contribution in [-0.2, 0) is 4.74 Å². The fraction of sp³-hybridized carbons (Fsp3) is 0.600. The maximum absolute atomic E-state index is 12.6. The first-order valence-corrected chi connectivity index (χ1v) is 9.59. The number of ether oxygens (including phenoxy) is 2. The van der Waals surface area contributed by atoms with E-state index in [1.807, 2.05) is 12.1 Å². The van der Waals surface area contributed by atoms with Gasteiger partial charge in [0.2, 0.25) is 0 Å². The molecule has 0 N–H and O–H groups in total. The summed E-state index contributed by atoms with van der Waals surface area (Å²) < 4.78 is 10.7. The SMILES string of the molecule is CCCCCCOc1ccc(C(=O)N2CCN(C(=O)OCC)CC2)cc1. The van der Waals surface area contributed by atoms with Gasteiger partial charge in [-0.05, 0) is 37.6 Å². The van der Waals surface area contributed by atoms with Crippen LogP contribution in [0.25, 0.3) is 0 Å². The lowest BCUT2D eigenvalue weighted by molar-refractivity contribution is 0.0570. The van der Waals surface area contributed by atoms with Gasteiger partial charge in [-0.25, -0.2) is 4.79 Å². The summed E-state index contributed by atoms with van der Waals surface area (Å²) in [4.78, 5) is 27.7. The molecule has 0 aromatic heterocycles. The van der Waals surface area contributed by atoms with Gasteiger partial charge in [-0.15, -0.1) is 0 Å². The summed E-state index contributed by atoms with van der Waals surface area (Å²) in [5, 5.41) is 0. The Balaban J connectivity index is 1.78. The molecule has 1 aromatic carbocycles. The molecule has 0 unspecified atom stereocenters. The molecule has 0 saturated carbocycles.